The Bertz CT molecular complexity index is 243. The van der Waals surface area contributed by atoms with Crippen LogP contribution in [0.2, 0.25) is 0 Å². The maximum atomic E-state index is 4.97. The molecule has 4 heteroatoms. The molecule has 2 aliphatic carbocycles. The number of rotatable bonds is 0. The van der Waals surface area contributed by atoms with Crippen molar-refractivity contribution in [1.82, 2.24) is 0 Å². The van der Waals surface area contributed by atoms with E-state index in [0.717, 1.165) is 0 Å². The van der Waals surface area contributed by atoms with Gasteiger partial charge in [0.2, 0.25) is 0 Å². The molecule has 0 heterocycles. The van der Waals surface area contributed by atoms with Crippen LogP contribution in [0.3, 0.4) is 0 Å². The van der Waals surface area contributed by atoms with E-state index in [9.17, 15) is 0 Å². The first-order chi connectivity index (χ1) is 6.61. The first-order valence-corrected chi connectivity index (χ1v) is 11.1. The Morgan fingerprint density at radius 2 is 1.64 bits per heavy atom. The summed E-state index contributed by atoms with van der Waals surface area (Å²) in [5, 5.41) is 0. The molecule has 0 bridgehead atoms. The van der Waals surface area contributed by atoms with Crippen molar-refractivity contribution in [2.24, 2.45) is 0 Å². The van der Waals surface area contributed by atoms with Crippen LogP contribution >= 0.6 is 27.9 Å². The van der Waals surface area contributed by atoms with E-state index in [4.69, 9.17) is 27.9 Å². The quantitative estimate of drug-likeness (QED) is 0.545. The van der Waals surface area contributed by atoms with Crippen molar-refractivity contribution in [3.63, 3.8) is 0 Å². The molecule has 0 saturated carbocycles. The van der Waals surface area contributed by atoms with Gasteiger partial charge in [0, 0.05) is 5.92 Å². The van der Waals surface area contributed by atoms with Gasteiger partial charge in [-0.05, 0) is 31.3 Å². The van der Waals surface area contributed by atoms with Crippen LogP contribution in [0.4, 0.5) is 0 Å². The van der Waals surface area contributed by atoms with Crippen LogP contribution in [0.15, 0.2) is 23.3 Å². The maximum absolute atomic E-state index is 4.97. The van der Waals surface area contributed by atoms with E-state index < -0.39 is 14.7 Å². The molecule has 0 spiro atoms. The van der Waals surface area contributed by atoms with Crippen molar-refractivity contribution < 1.29 is 14.7 Å². The van der Waals surface area contributed by atoms with Crippen LogP contribution in [0.25, 0.3) is 0 Å². The summed E-state index contributed by atoms with van der Waals surface area (Å²) < 4.78 is 0. The summed E-state index contributed by atoms with van der Waals surface area (Å²) in [7, 11) is 14.9. The SMILES string of the molecule is C[C]1C=CC2=C1CCCC2.[Cl][Ti]([Cl])[Cl]. The van der Waals surface area contributed by atoms with Crippen molar-refractivity contribution in [3.8, 4) is 0 Å². The van der Waals surface area contributed by atoms with E-state index in [-0.39, 0.29) is 0 Å². The van der Waals surface area contributed by atoms with Crippen LogP contribution in [-0.4, -0.2) is 0 Å². The first kappa shape index (κ1) is 13.1. The topological polar surface area (TPSA) is 0 Å². The van der Waals surface area contributed by atoms with E-state index in [0.29, 0.717) is 0 Å². The van der Waals surface area contributed by atoms with E-state index in [1.807, 2.05) is 0 Å². The molecule has 0 aromatic carbocycles. The Morgan fingerprint density at radius 1 is 1.07 bits per heavy atom. The van der Waals surface area contributed by atoms with Crippen molar-refractivity contribution in [3.05, 3.63) is 29.2 Å². The molecular weight excluding hydrogens is 274 g/mol. The Hall–Kier alpha value is 1.06. The molecule has 0 N–H and O–H groups in total. The Labute approximate surface area is 104 Å². The molecule has 0 aromatic heterocycles. The molecule has 2 aliphatic rings. The molecule has 2 rings (SSSR count). The van der Waals surface area contributed by atoms with Gasteiger partial charge in [-0.2, -0.15) is 0 Å². The predicted octanol–water partition coefficient (Wildman–Crippen LogP) is 5.09. The Morgan fingerprint density at radius 3 is 2.21 bits per heavy atom. The molecule has 14 heavy (non-hydrogen) atoms. The molecule has 0 atom stereocenters. The predicted molar refractivity (Wildman–Crippen MR) is 61.1 cm³/mol. The Balaban J connectivity index is 0.000000213. The van der Waals surface area contributed by atoms with Gasteiger partial charge in [-0.3, -0.25) is 0 Å². The van der Waals surface area contributed by atoms with Gasteiger partial charge in [-0.15, -0.1) is 0 Å². The van der Waals surface area contributed by atoms with Gasteiger partial charge in [0.1, 0.15) is 0 Å². The van der Waals surface area contributed by atoms with Gasteiger partial charge >= 0.3 is 42.6 Å². The monoisotopic (exact) mass is 286 g/mol. The van der Waals surface area contributed by atoms with E-state index in [2.05, 4.69) is 19.1 Å². The molecule has 0 unspecified atom stereocenters. The van der Waals surface area contributed by atoms with Crippen LogP contribution in [0, 0.1) is 5.92 Å². The standard InChI is InChI=1S/C10H13.3ClH.Ti/c1-8-6-7-9-4-2-3-5-10(8)9;;;;/h6-7H,2-5H2,1H3;3*1H;/q;;;;+3/p-3. The van der Waals surface area contributed by atoms with Crippen molar-refractivity contribution in [1.29, 1.82) is 0 Å². The summed E-state index contributed by atoms with van der Waals surface area (Å²) in [5.74, 6) is 1.51. The third-order valence-electron chi connectivity index (χ3n) is 2.52. The fourth-order valence-corrected chi connectivity index (χ4v) is 1.89. The summed E-state index contributed by atoms with van der Waals surface area (Å²) in [6, 6.07) is 0. The average molecular weight is 287 g/mol. The summed E-state index contributed by atoms with van der Waals surface area (Å²) in [4.78, 5) is 0. The van der Waals surface area contributed by atoms with Crippen LogP contribution in [0.1, 0.15) is 32.6 Å². The molecule has 0 saturated heterocycles. The summed E-state index contributed by atoms with van der Waals surface area (Å²) >= 11 is -1.92. The summed E-state index contributed by atoms with van der Waals surface area (Å²) in [6.45, 7) is 2.23. The first-order valence-electron chi connectivity index (χ1n) is 4.68. The van der Waals surface area contributed by atoms with Crippen LogP contribution < -0.4 is 0 Å². The summed E-state index contributed by atoms with van der Waals surface area (Å²) in [5.41, 5.74) is 3.26. The number of hydrogen-bond acceptors (Lipinski definition) is 0. The van der Waals surface area contributed by atoms with Gasteiger partial charge in [0.05, 0.1) is 0 Å². The van der Waals surface area contributed by atoms with Crippen molar-refractivity contribution in [2.45, 2.75) is 32.6 Å². The van der Waals surface area contributed by atoms with Crippen molar-refractivity contribution in [2.75, 3.05) is 0 Å². The minimum absolute atomic E-state index is 1.32. The molecule has 0 nitrogen and oxygen atoms in total. The zero-order valence-corrected chi connectivity index (χ0v) is 11.9. The Kier molecular flexibility index (Phi) is 6.19. The fourth-order valence-electron chi connectivity index (χ4n) is 1.89. The van der Waals surface area contributed by atoms with E-state index >= 15 is 0 Å². The average Bonchev–Trinajstić information content (AvgIpc) is 2.48. The van der Waals surface area contributed by atoms with E-state index in [1.165, 1.54) is 31.6 Å². The van der Waals surface area contributed by atoms with Gasteiger partial charge in [0.15, 0.2) is 0 Å². The van der Waals surface area contributed by atoms with Gasteiger partial charge in [-0.1, -0.05) is 24.6 Å². The van der Waals surface area contributed by atoms with E-state index in [1.54, 1.807) is 11.1 Å². The summed E-state index contributed by atoms with van der Waals surface area (Å²) in [6.07, 6.45) is 10.0. The third kappa shape index (κ3) is 4.29. The number of hydrogen-bond donors (Lipinski definition) is 0. The second kappa shape index (κ2) is 6.60. The second-order valence-corrected chi connectivity index (χ2v) is 11.2. The molecular formula is C10H13Cl3Ti. The zero-order valence-electron chi connectivity index (χ0n) is 8.12. The van der Waals surface area contributed by atoms with Gasteiger partial charge in [0.25, 0.3) is 0 Å². The minimum atomic E-state index is -1.92. The van der Waals surface area contributed by atoms with Gasteiger partial charge < -0.3 is 0 Å². The molecule has 0 aliphatic heterocycles. The third-order valence-corrected chi connectivity index (χ3v) is 2.52. The van der Waals surface area contributed by atoms with Crippen LogP contribution in [-0.2, 0) is 14.7 Å². The normalized spacial score (nSPS) is 20.3. The zero-order chi connectivity index (χ0) is 10.6. The molecule has 0 aromatic rings. The van der Waals surface area contributed by atoms with Crippen molar-refractivity contribution >= 4 is 27.9 Å². The van der Waals surface area contributed by atoms with Crippen LogP contribution in [0.5, 0.6) is 0 Å². The number of halogens is 3. The molecule has 0 amide bonds. The molecule has 1 radical (unpaired) electrons. The second-order valence-electron chi connectivity index (χ2n) is 3.44. The number of allylic oxidation sites excluding steroid dienone is 4. The fraction of sp³-hybridized carbons (Fsp3) is 0.500. The molecule has 0 fully saturated rings. The van der Waals surface area contributed by atoms with Gasteiger partial charge in [-0.25, -0.2) is 0 Å². The molecule has 78 valence electrons.